The van der Waals surface area contributed by atoms with Gasteiger partial charge in [-0.1, -0.05) is 0 Å². The molecule has 0 unspecified atom stereocenters. The van der Waals surface area contributed by atoms with Crippen LogP contribution in [0.15, 0.2) is 22.9 Å². The molecule has 4 nitrogen and oxygen atoms in total. The Hall–Kier alpha value is -1.54. The second-order valence-electron chi connectivity index (χ2n) is 2.68. The second-order valence-corrected chi connectivity index (χ2v) is 3.50. The number of nitrogens with zero attached hydrogens (tertiary/aromatic N) is 3. The van der Waals surface area contributed by atoms with Crippen molar-refractivity contribution >= 4 is 21.4 Å². The predicted molar refractivity (Wildman–Crippen MR) is 54.2 cm³/mol. The summed E-state index contributed by atoms with van der Waals surface area (Å²) in [5.41, 5.74) is 1.27. The molecule has 0 aliphatic carbocycles. The van der Waals surface area contributed by atoms with Crippen molar-refractivity contribution < 1.29 is 4.74 Å². The third-order valence-electron chi connectivity index (χ3n) is 1.91. The van der Waals surface area contributed by atoms with Crippen LogP contribution in [-0.4, -0.2) is 16.7 Å². The van der Waals surface area contributed by atoms with Crippen molar-refractivity contribution in [2.45, 2.75) is 0 Å². The van der Waals surface area contributed by atoms with E-state index in [2.05, 4.69) is 27.1 Å². The van der Waals surface area contributed by atoms with Gasteiger partial charge in [-0.05, 0) is 15.9 Å². The molecule has 0 saturated carbocycles. The number of fused-ring (bicyclic) bond motifs is 1. The summed E-state index contributed by atoms with van der Waals surface area (Å²) in [5, 5.41) is 12.9. The minimum Gasteiger partial charge on any atom is -0.497 e. The third kappa shape index (κ3) is 1.24. The summed E-state index contributed by atoms with van der Waals surface area (Å²) in [6.45, 7) is 0. The molecule has 14 heavy (non-hydrogen) atoms. The number of hydrogen-bond donors (Lipinski definition) is 0. The van der Waals surface area contributed by atoms with E-state index in [1.807, 2.05) is 0 Å². The molecule has 0 saturated heterocycles. The van der Waals surface area contributed by atoms with Crippen molar-refractivity contribution in [3.63, 3.8) is 0 Å². The van der Waals surface area contributed by atoms with Crippen LogP contribution in [0, 0.1) is 11.3 Å². The highest BCUT2D eigenvalue weighted by Gasteiger charge is 2.07. The topological polar surface area (TPSA) is 50.3 Å². The smallest absolute Gasteiger partial charge is 0.123 e. The van der Waals surface area contributed by atoms with Crippen molar-refractivity contribution in [2.24, 2.45) is 0 Å². The van der Waals surface area contributed by atoms with Gasteiger partial charge in [-0.3, -0.25) is 0 Å². The molecular weight excluding hydrogens is 246 g/mol. The minimum absolute atomic E-state index is 0.532. The average Bonchev–Trinajstić information content (AvgIpc) is 2.61. The molecule has 0 bridgehead atoms. The molecule has 2 aromatic rings. The summed E-state index contributed by atoms with van der Waals surface area (Å²) in [7, 11) is 1.58. The number of aromatic nitrogens is 2. The monoisotopic (exact) mass is 251 g/mol. The van der Waals surface area contributed by atoms with Gasteiger partial charge in [-0.25, -0.2) is 4.52 Å². The van der Waals surface area contributed by atoms with E-state index in [0.717, 1.165) is 10.1 Å². The number of nitriles is 1. The number of methoxy groups -OCH3 is 1. The average molecular weight is 252 g/mol. The Labute approximate surface area is 88.8 Å². The molecule has 0 amide bonds. The van der Waals surface area contributed by atoms with E-state index in [1.165, 1.54) is 6.20 Å². The maximum atomic E-state index is 8.82. The van der Waals surface area contributed by atoms with Crippen LogP contribution in [0.5, 0.6) is 5.75 Å². The Balaban J connectivity index is 2.82. The zero-order valence-corrected chi connectivity index (χ0v) is 8.95. The van der Waals surface area contributed by atoms with Crippen LogP contribution in [0.3, 0.4) is 0 Å². The van der Waals surface area contributed by atoms with Crippen molar-refractivity contribution in [1.82, 2.24) is 9.61 Å². The van der Waals surface area contributed by atoms with Gasteiger partial charge in [0.2, 0.25) is 0 Å². The molecule has 0 aliphatic heterocycles. The highest BCUT2D eigenvalue weighted by atomic mass is 79.9. The lowest BCUT2D eigenvalue weighted by Crippen LogP contribution is -1.91. The molecule has 2 heterocycles. The number of halogens is 1. The molecule has 70 valence electrons. The van der Waals surface area contributed by atoms with E-state index < -0.39 is 0 Å². The van der Waals surface area contributed by atoms with E-state index in [4.69, 9.17) is 10.00 Å². The first kappa shape index (κ1) is 9.03. The Morgan fingerprint density at radius 1 is 1.57 bits per heavy atom. The summed E-state index contributed by atoms with van der Waals surface area (Å²) in [4.78, 5) is 0. The van der Waals surface area contributed by atoms with Crippen LogP contribution in [0.2, 0.25) is 0 Å². The standard InChI is InChI=1S/C9H6BrN3O/c1-14-7-2-8-6(4-11)5-12-13(8)9(10)3-7/h2-3,5H,1H3. The van der Waals surface area contributed by atoms with Gasteiger partial charge in [-0.2, -0.15) is 10.4 Å². The van der Waals surface area contributed by atoms with Crippen LogP contribution < -0.4 is 4.74 Å². The fourth-order valence-corrected chi connectivity index (χ4v) is 1.73. The van der Waals surface area contributed by atoms with Crippen molar-refractivity contribution in [2.75, 3.05) is 7.11 Å². The van der Waals surface area contributed by atoms with E-state index in [-0.39, 0.29) is 0 Å². The van der Waals surface area contributed by atoms with Crippen LogP contribution in [0.1, 0.15) is 5.56 Å². The van der Waals surface area contributed by atoms with E-state index >= 15 is 0 Å². The SMILES string of the molecule is COc1cc(Br)n2ncc(C#N)c2c1. The first-order valence-electron chi connectivity index (χ1n) is 3.87. The lowest BCUT2D eigenvalue weighted by molar-refractivity contribution is 0.414. The summed E-state index contributed by atoms with van der Waals surface area (Å²) in [6.07, 6.45) is 1.53. The zero-order valence-electron chi connectivity index (χ0n) is 7.36. The molecular formula is C9H6BrN3O. The van der Waals surface area contributed by atoms with Gasteiger partial charge in [0.1, 0.15) is 16.4 Å². The van der Waals surface area contributed by atoms with Gasteiger partial charge in [0.25, 0.3) is 0 Å². The summed E-state index contributed by atoms with van der Waals surface area (Å²) in [6, 6.07) is 5.64. The highest BCUT2D eigenvalue weighted by Crippen LogP contribution is 2.23. The van der Waals surface area contributed by atoms with E-state index in [9.17, 15) is 0 Å². The number of hydrogen-bond acceptors (Lipinski definition) is 3. The van der Waals surface area contributed by atoms with Crippen molar-refractivity contribution in [3.05, 3.63) is 28.5 Å². The van der Waals surface area contributed by atoms with E-state index in [0.29, 0.717) is 11.3 Å². The lowest BCUT2D eigenvalue weighted by atomic mass is 10.3. The highest BCUT2D eigenvalue weighted by molar-refractivity contribution is 9.10. The Bertz CT molecular complexity index is 527. The summed E-state index contributed by atoms with van der Waals surface area (Å²) >= 11 is 3.34. The molecule has 0 aromatic carbocycles. The first-order chi connectivity index (χ1) is 6.76. The molecule has 0 radical (unpaired) electrons. The number of ether oxygens (including phenoxy) is 1. The molecule has 0 spiro atoms. The van der Waals surface area contributed by atoms with Crippen LogP contribution in [0.25, 0.3) is 5.52 Å². The van der Waals surface area contributed by atoms with Gasteiger partial charge < -0.3 is 4.74 Å². The lowest BCUT2D eigenvalue weighted by Gasteiger charge is -2.02. The third-order valence-corrected chi connectivity index (χ3v) is 2.47. The van der Waals surface area contributed by atoms with E-state index in [1.54, 1.807) is 23.8 Å². The van der Waals surface area contributed by atoms with Gasteiger partial charge in [-0.15, -0.1) is 0 Å². The van der Waals surface area contributed by atoms with Crippen molar-refractivity contribution in [1.29, 1.82) is 5.26 Å². The Kier molecular flexibility index (Phi) is 2.14. The van der Waals surface area contributed by atoms with Crippen LogP contribution in [-0.2, 0) is 0 Å². The summed E-state index contributed by atoms with van der Waals surface area (Å²) in [5.74, 6) is 0.696. The maximum Gasteiger partial charge on any atom is 0.123 e. The summed E-state index contributed by atoms with van der Waals surface area (Å²) < 4.78 is 7.49. The van der Waals surface area contributed by atoms with Gasteiger partial charge in [0.15, 0.2) is 0 Å². The quantitative estimate of drug-likeness (QED) is 0.729. The molecule has 2 aromatic heterocycles. The number of rotatable bonds is 1. The van der Waals surface area contributed by atoms with Crippen LogP contribution >= 0.6 is 15.9 Å². The van der Waals surface area contributed by atoms with Gasteiger partial charge >= 0.3 is 0 Å². The molecule has 2 rings (SSSR count). The molecule has 0 fully saturated rings. The zero-order chi connectivity index (χ0) is 10.1. The molecule has 0 N–H and O–H groups in total. The normalized spacial score (nSPS) is 10.1. The number of pyridine rings is 1. The molecule has 0 atom stereocenters. The largest absolute Gasteiger partial charge is 0.497 e. The minimum atomic E-state index is 0.532. The van der Waals surface area contributed by atoms with Crippen LogP contribution in [0.4, 0.5) is 0 Å². The first-order valence-corrected chi connectivity index (χ1v) is 4.67. The fraction of sp³-hybridized carbons (Fsp3) is 0.111. The Morgan fingerprint density at radius 3 is 3.00 bits per heavy atom. The fourth-order valence-electron chi connectivity index (χ4n) is 1.23. The Morgan fingerprint density at radius 2 is 2.36 bits per heavy atom. The second kappa shape index (κ2) is 3.31. The maximum absolute atomic E-state index is 8.82. The van der Waals surface area contributed by atoms with Gasteiger partial charge in [0, 0.05) is 12.1 Å². The van der Waals surface area contributed by atoms with Gasteiger partial charge in [0.05, 0.1) is 24.4 Å². The van der Waals surface area contributed by atoms with Crippen molar-refractivity contribution in [3.8, 4) is 11.8 Å². The molecule has 0 aliphatic rings. The predicted octanol–water partition coefficient (Wildman–Crippen LogP) is 1.98. The molecule has 5 heteroatoms.